The van der Waals surface area contributed by atoms with Gasteiger partial charge in [0.15, 0.2) is 0 Å². The molecule has 0 fully saturated rings. The fourth-order valence-corrected chi connectivity index (χ4v) is 3.17. The second kappa shape index (κ2) is 10.8. The van der Waals surface area contributed by atoms with Gasteiger partial charge in [-0.2, -0.15) is 5.26 Å². The van der Waals surface area contributed by atoms with Crippen LogP contribution in [0.4, 0.5) is 4.39 Å². The standard InChI is InChI=1S/C26H23FN2O3/c1-31-24-13-21(14-25(15-24)32-2)10-11-26(30)29(18-22-4-3-5-23(27)12-22)17-20-8-6-19(16-28)7-9-20/h3-15H,17-18H2,1-2H3. The molecule has 5 nitrogen and oxygen atoms in total. The van der Waals surface area contributed by atoms with E-state index in [9.17, 15) is 9.18 Å². The van der Waals surface area contributed by atoms with E-state index in [0.29, 0.717) is 29.2 Å². The van der Waals surface area contributed by atoms with Crippen molar-refractivity contribution in [3.8, 4) is 17.6 Å². The van der Waals surface area contributed by atoms with E-state index in [1.807, 2.05) is 0 Å². The Hall–Kier alpha value is -4.11. The summed E-state index contributed by atoms with van der Waals surface area (Å²) in [6.45, 7) is 0.551. The topological polar surface area (TPSA) is 62.6 Å². The van der Waals surface area contributed by atoms with Crippen LogP contribution in [0.15, 0.2) is 72.8 Å². The number of ether oxygens (including phenoxy) is 2. The Labute approximate surface area is 186 Å². The molecule has 0 N–H and O–H groups in total. The second-order valence-electron chi connectivity index (χ2n) is 7.11. The minimum atomic E-state index is -0.354. The van der Waals surface area contributed by atoms with Crippen LogP contribution < -0.4 is 9.47 Å². The summed E-state index contributed by atoms with van der Waals surface area (Å²) in [7, 11) is 3.12. The van der Waals surface area contributed by atoms with E-state index in [1.165, 1.54) is 18.2 Å². The molecule has 162 valence electrons. The molecular formula is C26H23FN2O3. The van der Waals surface area contributed by atoms with Crippen molar-refractivity contribution in [3.63, 3.8) is 0 Å². The molecule has 0 bridgehead atoms. The smallest absolute Gasteiger partial charge is 0.247 e. The van der Waals surface area contributed by atoms with E-state index in [2.05, 4.69) is 6.07 Å². The molecule has 3 rings (SSSR count). The predicted octanol–water partition coefficient (Wildman–Crippen LogP) is 4.96. The van der Waals surface area contributed by atoms with Gasteiger partial charge in [0.25, 0.3) is 0 Å². The molecule has 0 saturated heterocycles. The highest BCUT2D eigenvalue weighted by molar-refractivity contribution is 5.91. The third kappa shape index (κ3) is 6.19. The van der Waals surface area contributed by atoms with Gasteiger partial charge in [-0.1, -0.05) is 24.3 Å². The molecule has 0 radical (unpaired) electrons. The van der Waals surface area contributed by atoms with Crippen molar-refractivity contribution < 1.29 is 18.7 Å². The van der Waals surface area contributed by atoms with Crippen molar-refractivity contribution >= 4 is 12.0 Å². The Morgan fingerprint density at radius 3 is 2.22 bits per heavy atom. The van der Waals surface area contributed by atoms with Gasteiger partial charge in [-0.25, -0.2) is 4.39 Å². The molecule has 3 aromatic carbocycles. The summed E-state index contributed by atoms with van der Waals surface area (Å²) in [6, 6.07) is 20.6. The van der Waals surface area contributed by atoms with E-state index in [1.54, 1.807) is 79.8 Å². The number of halogens is 1. The summed E-state index contributed by atoms with van der Waals surface area (Å²) in [5.41, 5.74) is 2.84. The third-order valence-electron chi connectivity index (χ3n) is 4.82. The zero-order valence-corrected chi connectivity index (χ0v) is 17.9. The molecule has 0 unspecified atom stereocenters. The highest BCUT2D eigenvalue weighted by atomic mass is 19.1. The summed E-state index contributed by atoms with van der Waals surface area (Å²) in [5, 5.41) is 9.00. The number of hydrogen-bond acceptors (Lipinski definition) is 4. The largest absolute Gasteiger partial charge is 0.497 e. The molecule has 0 aliphatic heterocycles. The van der Waals surface area contributed by atoms with E-state index in [4.69, 9.17) is 14.7 Å². The predicted molar refractivity (Wildman–Crippen MR) is 120 cm³/mol. The first kappa shape index (κ1) is 22.6. The normalized spacial score (nSPS) is 10.6. The van der Waals surface area contributed by atoms with Crippen LogP contribution in [0.5, 0.6) is 11.5 Å². The zero-order valence-electron chi connectivity index (χ0n) is 17.9. The molecule has 0 aromatic heterocycles. The van der Waals surface area contributed by atoms with Crippen LogP contribution in [0.2, 0.25) is 0 Å². The monoisotopic (exact) mass is 430 g/mol. The average molecular weight is 430 g/mol. The Bertz CT molecular complexity index is 1130. The fourth-order valence-electron chi connectivity index (χ4n) is 3.17. The van der Waals surface area contributed by atoms with Gasteiger partial charge >= 0.3 is 0 Å². The average Bonchev–Trinajstić information content (AvgIpc) is 2.82. The molecule has 0 aliphatic carbocycles. The minimum Gasteiger partial charge on any atom is -0.497 e. The van der Waals surface area contributed by atoms with Crippen molar-refractivity contribution in [2.45, 2.75) is 13.1 Å². The van der Waals surface area contributed by atoms with Crippen molar-refractivity contribution in [1.29, 1.82) is 5.26 Å². The van der Waals surface area contributed by atoms with Gasteiger partial charge in [-0.05, 0) is 59.2 Å². The van der Waals surface area contributed by atoms with E-state index >= 15 is 0 Å². The highest BCUT2D eigenvalue weighted by Crippen LogP contribution is 2.23. The van der Waals surface area contributed by atoms with Gasteiger partial charge in [0, 0.05) is 25.2 Å². The Balaban J connectivity index is 1.84. The number of amides is 1. The van der Waals surface area contributed by atoms with Crippen LogP contribution >= 0.6 is 0 Å². The van der Waals surface area contributed by atoms with E-state index in [0.717, 1.165) is 11.1 Å². The Morgan fingerprint density at radius 1 is 0.969 bits per heavy atom. The number of nitriles is 1. The van der Waals surface area contributed by atoms with Gasteiger partial charge in [0.1, 0.15) is 17.3 Å². The van der Waals surface area contributed by atoms with Crippen LogP contribution in [0, 0.1) is 17.1 Å². The van der Waals surface area contributed by atoms with Gasteiger partial charge in [-0.15, -0.1) is 0 Å². The van der Waals surface area contributed by atoms with E-state index < -0.39 is 0 Å². The maximum absolute atomic E-state index is 13.7. The van der Waals surface area contributed by atoms with E-state index in [-0.39, 0.29) is 18.3 Å². The quantitative estimate of drug-likeness (QED) is 0.474. The van der Waals surface area contributed by atoms with Crippen molar-refractivity contribution in [3.05, 3.63) is 101 Å². The lowest BCUT2D eigenvalue weighted by Gasteiger charge is -2.22. The Kier molecular flexibility index (Phi) is 7.60. The third-order valence-corrected chi connectivity index (χ3v) is 4.82. The lowest BCUT2D eigenvalue weighted by atomic mass is 10.1. The van der Waals surface area contributed by atoms with Crippen LogP contribution in [0.25, 0.3) is 6.08 Å². The molecule has 0 saturated carbocycles. The number of nitrogens with zero attached hydrogens (tertiary/aromatic N) is 2. The zero-order chi connectivity index (χ0) is 22.9. The van der Waals surface area contributed by atoms with Crippen LogP contribution in [-0.2, 0) is 17.9 Å². The second-order valence-corrected chi connectivity index (χ2v) is 7.11. The molecule has 6 heteroatoms. The first-order valence-electron chi connectivity index (χ1n) is 9.94. The van der Waals surface area contributed by atoms with Crippen LogP contribution in [0.3, 0.4) is 0 Å². The highest BCUT2D eigenvalue weighted by Gasteiger charge is 2.13. The number of hydrogen-bond donors (Lipinski definition) is 0. The van der Waals surface area contributed by atoms with Crippen LogP contribution in [0.1, 0.15) is 22.3 Å². The summed E-state index contributed by atoms with van der Waals surface area (Å²) in [5.74, 6) is 0.643. The lowest BCUT2D eigenvalue weighted by Crippen LogP contribution is -2.28. The number of carbonyl (C=O) groups excluding carboxylic acids is 1. The molecule has 0 heterocycles. The Morgan fingerprint density at radius 2 is 1.62 bits per heavy atom. The first-order chi connectivity index (χ1) is 15.5. The summed E-state index contributed by atoms with van der Waals surface area (Å²) in [6.07, 6.45) is 3.15. The van der Waals surface area contributed by atoms with Gasteiger partial charge in [0.2, 0.25) is 5.91 Å². The maximum atomic E-state index is 13.7. The lowest BCUT2D eigenvalue weighted by molar-refractivity contribution is -0.127. The molecular weight excluding hydrogens is 407 g/mol. The molecule has 3 aromatic rings. The number of carbonyl (C=O) groups is 1. The fraction of sp³-hybridized carbons (Fsp3) is 0.154. The summed E-state index contributed by atoms with van der Waals surface area (Å²) >= 11 is 0. The van der Waals surface area contributed by atoms with Crippen molar-refractivity contribution in [2.75, 3.05) is 14.2 Å². The molecule has 32 heavy (non-hydrogen) atoms. The molecule has 0 aliphatic rings. The minimum absolute atomic E-state index is 0.236. The van der Waals surface area contributed by atoms with Crippen molar-refractivity contribution in [2.24, 2.45) is 0 Å². The van der Waals surface area contributed by atoms with Crippen molar-refractivity contribution in [1.82, 2.24) is 4.90 Å². The van der Waals surface area contributed by atoms with Gasteiger partial charge < -0.3 is 14.4 Å². The van der Waals surface area contributed by atoms with Gasteiger partial charge in [0.05, 0.1) is 25.9 Å². The number of benzene rings is 3. The molecule has 0 atom stereocenters. The van der Waals surface area contributed by atoms with Gasteiger partial charge in [-0.3, -0.25) is 4.79 Å². The summed E-state index contributed by atoms with van der Waals surface area (Å²) in [4.78, 5) is 14.7. The summed E-state index contributed by atoms with van der Waals surface area (Å²) < 4.78 is 24.2. The molecule has 1 amide bonds. The SMILES string of the molecule is COc1cc(C=CC(=O)N(Cc2ccc(C#N)cc2)Cc2cccc(F)c2)cc(OC)c1. The number of rotatable bonds is 8. The van der Waals surface area contributed by atoms with Crippen LogP contribution in [-0.4, -0.2) is 25.0 Å². The maximum Gasteiger partial charge on any atom is 0.247 e. The first-order valence-corrected chi connectivity index (χ1v) is 9.94. The number of methoxy groups -OCH3 is 2. The molecule has 0 spiro atoms.